The number of hydrogen-bond acceptors (Lipinski definition) is 9. The van der Waals surface area contributed by atoms with Gasteiger partial charge in [0, 0.05) is 28.3 Å². The molecule has 1 atom stereocenters. The molecule has 0 saturated carbocycles. The quantitative estimate of drug-likeness (QED) is 0.242. The number of aromatic nitrogens is 5. The third-order valence-electron chi connectivity index (χ3n) is 6.11. The van der Waals surface area contributed by atoms with Crippen LogP contribution in [0.4, 0.5) is 21.5 Å². The summed E-state index contributed by atoms with van der Waals surface area (Å²) >= 11 is 14.1. The number of ether oxygens (including phenoxy) is 1. The van der Waals surface area contributed by atoms with Gasteiger partial charge in [-0.15, -0.1) is 16.4 Å². The van der Waals surface area contributed by atoms with Crippen molar-refractivity contribution >= 4 is 62.5 Å². The Kier molecular flexibility index (Phi) is 6.55. The summed E-state index contributed by atoms with van der Waals surface area (Å²) in [6.45, 7) is 1.20. The molecule has 0 amide bonds. The third-order valence-corrected chi connectivity index (χ3v) is 7.29. The van der Waals surface area contributed by atoms with Crippen molar-refractivity contribution in [3.05, 3.63) is 86.4 Å². The van der Waals surface area contributed by atoms with Crippen LogP contribution >= 0.6 is 34.5 Å². The van der Waals surface area contributed by atoms with Crippen LogP contribution in [0.5, 0.6) is 0 Å². The Hall–Kier alpha value is -3.82. The van der Waals surface area contributed by atoms with Crippen molar-refractivity contribution < 1.29 is 9.13 Å². The summed E-state index contributed by atoms with van der Waals surface area (Å²) in [5.41, 5.74) is 5.60. The van der Waals surface area contributed by atoms with Crippen LogP contribution in [-0.4, -0.2) is 38.2 Å². The minimum Gasteiger partial charge on any atom is -0.377 e. The zero-order valence-corrected chi connectivity index (χ0v) is 21.7. The van der Waals surface area contributed by atoms with Gasteiger partial charge in [-0.25, -0.2) is 14.1 Å². The standard InChI is InChI=1S/C25H17Cl2FN8OS/c26-18-4-14(1-2-20(18)28)32-23-13(6-29)7-30-24-17(23)3-15(5-19(24)27)33-25(22-11-38-12-31-22)21-8-36(35-34-21)16-9-37-10-16/h1-5,7-8,11-12,16,25,33H,9-10H2,(H,30,32). The minimum atomic E-state index is -0.540. The van der Waals surface area contributed by atoms with Gasteiger partial charge in [0.05, 0.1) is 57.4 Å². The molecule has 1 saturated heterocycles. The van der Waals surface area contributed by atoms with Crippen LogP contribution in [0.15, 0.2) is 53.6 Å². The predicted molar refractivity (Wildman–Crippen MR) is 144 cm³/mol. The van der Waals surface area contributed by atoms with Crippen LogP contribution in [0.2, 0.25) is 10.0 Å². The molecular weight excluding hydrogens is 550 g/mol. The number of halogens is 3. The predicted octanol–water partition coefficient (Wildman–Crippen LogP) is 6.12. The van der Waals surface area contributed by atoms with E-state index >= 15 is 0 Å². The summed E-state index contributed by atoms with van der Waals surface area (Å²) in [6, 6.07) is 9.72. The lowest BCUT2D eigenvalue weighted by molar-refractivity contribution is -0.0293. The first kappa shape index (κ1) is 24.5. The molecule has 2 aromatic carbocycles. The number of pyridine rings is 1. The van der Waals surface area contributed by atoms with E-state index in [0.717, 1.165) is 5.69 Å². The monoisotopic (exact) mass is 566 g/mol. The van der Waals surface area contributed by atoms with Crippen molar-refractivity contribution in [1.82, 2.24) is 25.0 Å². The number of rotatable bonds is 7. The zero-order chi connectivity index (χ0) is 26.2. The highest BCUT2D eigenvalue weighted by Gasteiger charge is 2.26. The Bertz CT molecular complexity index is 1680. The Morgan fingerprint density at radius 1 is 1.13 bits per heavy atom. The molecule has 6 rings (SSSR count). The average Bonchev–Trinajstić information content (AvgIpc) is 3.57. The smallest absolute Gasteiger partial charge is 0.141 e. The van der Waals surface area contributed by atoms with Crippen molar-refractivity contribution in [2.45, 2.75) is 12.1 Å². The number of thiazole rings is 1. The first-order valence-corrected chi connectivity index (χ1v) is 13.1. The highest BCUT2D eigenvalue weighted by Crippen LogP contribution is 2.37. The molecule has 0 bridgehead atoms. The Morgan fingerprint density at radius 2 is 1.97 bits per heavy atom. The van der Waals surface area contributed by atoms with E-state index in [9.17, 15) is 9.65 Å². The maximum Gasteiger partial charge on any atom is 0.141 e. The molecule has 190 valence electrons. The van der Waals surface area contributed by atoms with Crippen LogP contribution in [-0.2, 0) is 4.74 Å². The Morgan fingerprint density at radius 3 is 2.68 bits per heavy atom. The molecule has 0 radical (unpaired) electrons. The molecule has 1 aliphatic heterocycles. The van der Waals surface area contributed by atoms with Gasteiger partial charge < -0.3 is 15.4 Å². The van der Waals surface area contributed by atoms with Crippen LogP contribution in [0, 0.1) is 17.1 Å². The molecule has 2 N–H and O–H groups in total. The van der Waals surface area contributed by atoms with E-state index in [2.05, 4.69) is 37.0 Å². The topological polar surface area (TPSA) is 114 Å². The Balaban J connectivity index is 1.41. The maximum absolute atomic E-state index is 13.7. The van der Waals surface area contributed by atoms with Gasteiger partial charge in [-0.2, -0.15) is 5.26 Å². The number of anilines is 3. The van der Waals surface area contributed by atoms with Crippen LogP contribution in [0.25, 0.3) is 10.9 Å². The van der Waals surface area contributed by atoms with E-state index < -0.39 is 11.9 Å². The fraction of sp³-hybridized carbons (Fsp3) is 0.160. The van der Waals surface area contributed by atoms with E-state index in [0.29, 0.717) is 51.9 Å². The van der Waals surface area contributed by atoms with Crippen LogP contribution in [0.1, 0.15) is 29.0 Å². The van der Waals surface area contributed by atoms with E-state index in [1.54, 1.807) is 16.3 Å². The van der Waals surface area contributed by atoms with Crippen molar-refractivity contribution in [3.8, 4) is 6.07 Å². The van der Waals surface area contributed by atoms with Gasteiger partial charge in [-0.1, -0.05) is 28.4 Å². The molecule has 3 aromatic heterocycles. The molecule has 13 heteroatoms. The molecule has 5 aromatic rings. The molecule has 9 nitrogen and oxygen atoms in total. The average molecular weight is 567 g/mol. The number of hydrogen-bond donors (Lipinski definition) is 2. The summed E-state index contributed by atoms with van der Waals surface area (Å²) in [6.07, 6.45) is 3.32. The van der Waals surface area contributed by atoms with E-state index in [4.69, 9.17) is 27.9 Å². The van der Waals surface area contributed by atoms with E-state index in [1.807, 2.05) is 17.6 Å². The molecule has 1 unspecified atom stereocenters. The number of benzene rings is 2. The van der Waals surface area contributed by atoms with E-state index in [1.165, 1.54) is 35.7 Å². The van der Waals surface area contributed by atoms with Gasteiger partial charge in [-0.3, -0.25) is 4.98 Å². The van der Waals surface area contributed by atoms with Gasteiger partial charge in [0.2, 0.25) is 0 Å². The van der Waals surface area contributed by atoms with Crippen LogP contribution in [0.3, 0.4) is 0 Å². The Labute approximate surface area is 229 Å². The largest absolute Gasteiger partial charge is 0.377 e. The lowest BCUT2D eigenvalue weighted by Crippen LogP contribution is -2.31. The second kappa shape index (κ2) is 10.2. The van der Waals surface area contributed by atoms with Gasteiger partial charge in [-0.05, 0) is 30.3 Å². The normalized spacial score (nSPS) is 14.2. The fourth-order valence-corrected chi connectivity index (χ4v) is 5.12. The van der Waals surface area contributed by atoms with Crippen molar-refractivity contribution in [2.75, 3.05) is 23.8 Å². The summed E-state index contributed by atoms with van der Waals surface area (Å²) in [4.78, 5) is 8.88. The summed E-state index contributed by atoms with van der Waals surface area (Å²) in [5.74, 6) is -0.540. The zero-order valence-electron chi connectivity index (χ0n) is 19.4. The maximum atomic E-state index is 13.7. The number of nitriles is 1. The number of fused-ring (bicyclic) bond motifs is 1. The SMILES string of the molecule is N#Cc1cnc2c(Cl)cc(NC(c3cscn3)c3cn(C4COC4)nn3)cc2c1Nc1ccc(F)c(Cl)c1. The number of nitrogens with zero attached hydrogens (tertiary/aromatic N) is 6. The lowest BCUT2D eigenvalue weighted by Gasteiger charge is -2.25. The number of nitrogens with one attached hydrogen (secondary N) is 2. The highest BCUT2D eigenvalue weighted by atomic mass is 35.5. The van der Waals surface area contributed by atoms with Gasteiger partial charge in [0.15, 0.2) is 0 Å². The minimum absolute atomic E-state index is 0.0418. The second-order valence-electron chi connectivity index (χ2n) is 8.57. The molecule has 1 aliphatic rings. The first-order valence-electron chi connectivity index (χ1n) is 11.4. The molecular formula is C25H17Cl2FN8OS. The van der Waals surface area contributed by atoms with Crippen molar-refractivity contribution in [3.63, 3.8) is 0 Å². The third kappa shape index (κ3) is 4.63. The fourth-order valence-electron chi connectivity index (χ4n) is 4.09. The summed E-state index contributed by atoms with van der Waals surface area (Å²) < 4.78 is 20.8. The molecule has 0 spiro atoms. The first-order chi connectivity index (χ1) is 18.5. The van der Waals surface area contributed by atoms with Crippen molar-refractivity contribution in [1.29, 1.82) is 5.26 Å². The highest BCUT2D eigenvalue weighted by molar-refractivity contribution is 7.07. The van der Waals surface area contributed by atoms with Crippen molar-refractivity contribution in [2.24, 2.45) is 0 Å². The van der Waals surface area contributed by atoms with Gasteiger partial charge in [0.1, 0.15) is 29.7 Å². The van der Waals surface area contributed by atoms with Gasteiger partial charge in [0.25, 0.3) is 0 Å². The molecule has 38 heavy (non-hydrogen) atoms. The summed E-state index contributed by atoms with van der Waals surface area (Å²) in [5, 5.41) is 28.0. The van der Waals surface area contributed by atoms with Gasteiger partial charge >= 0.3 is 0 Å². The molecule has 4 heterocycles. The van der Waals surface area contributed by atoms with Crippen LogP contribution < -0.4 is 10.6 Å². The molecule has 1 fully saturated rings. The lowest BCUT2D eigenvalue weighted by atomic mass is 10.1. The molecule has 0 aliphatic carbocycles. The second-order valence-corrected chi connectivity index (χ2v) is 10.1. The summed E-state index contributed by atoms with van der Waals surface area (Å²) in [7, 11) is 0. The van der Waals surface area contributed by atoms with E-state index in [-0.39, 0.29) is 16.6 Å².